The van der Waals surface area contributed by atoms with Gasteiger partial charge in [0.25, 0.3) is 0 Å². The Morgan fingerprint density at radius 2 is 1.98 bits per heavy atom. The predicted octanol–water partition coefficient (Wildman–Crippen LogP) is 6.51. The number of ether oxygens (including phenoxy) is 2. The minimum atomic E-state index is -1.04. The van der Waals surface area contributed by atoms with Crippen LogP contribution in [0, 0.1) is 41.6 Å². The van der Waals surface area contributed by atoms with E-state index in [1.165, 1.54) is 18.2 Å². The number of anilines is 1. The van der Waals surface area contributed by atoms with Crippen LogP contribution in [0.4, 0.5) is 23.4 Å². The van der Waals surface area contributed by atoms with E-state index in [-0.39, 0.29) is 64.2 Å². The molecular formula is C36H32F4N4O3. The molecule has 1 saturated carbocycles. The van der Waals surface area contributed by atoms with Crippen LogP contribution in [-0.2, 0) is 0 Å². The Bertz CT molecular complexity index is 2030. The topological polar surface area (TPSA) is 71.0 Å². The van der Waals surface area contributed by atoms with Gasteiger partial charge in [-0.25, -0.2) is 17.6 Å². The highest BCUT2D eigenvalue weighted by molar-refractivity contribution is 6.06. The number of terminal acetylenes is 1. The van der Waals surface area contributed by atoms with E-state index >= 15 is 8.78 Å². The van der Waals surface area contributed by atoms with E-state index in [9.17, 15) is 13.9 Å². The number of piperidine rings is 1. The first kappa shape index (κ1) is 28.9. The van der Waals surface area contributed by atoms with Crippen LogP contribution in [0.25, 0.3) is 32.8 Å². The minimum Gasteiger partial charge on any atom is -0.508 e. The molecule has 4 aliphatic heterocycles. The van der Waals surface area contributed by atoms with Gasteiger partial charge in [0, 0.05) is 30.5 Å². The molecule has 1 aliphatic carbocycles. The number of aromatic hydroxyl groups is 1. The average molecular weight is 645 g/mol. The Labute approximate surface area is 268 Å². The number of nitrogens with zero attached hydrogens (tertiary/aromatic N) is 4. The number of halogens is 4. The summed E-state index contributed by atoms with van der Waals surface area (Å²) < 4.78 is 76.0. The summed E-state index contributed by atoms with van der Waals surface area (Å²) in [7, 11) is 0. The first-order valence-electron chi connectivity index (χ1n) is 16.3. The van der Waals surface area contributed by atoms with Crippen molar-refractivity contribution in [2.45, 2.75) is 56.3 Å². The highest BCUT2D eigenvalue weighted by Gasteiger charge is 2.50. The van der Waals surface area contributed by atoms with Gasteiger partial charge >= 0.3 is 6.01 Å². The van der Waals surface area contributed by atoms with E-state index in [4.69, 9.17) is 20.9 Å². The van der Waals surface area contributed by atoms with Gasteiger partial charge in [0.2, 0.25) is 0 Å². The normalized spacial score (nSPS) is 27.9. The number of benzene rings is 3. The van der Waals surface area contributed by atoms with Gasteiger partial charge in [0.15, 0.2) is 17.4 Å². The third-order valence-corrected chi connectivity index (χ3v) is 11.3. The molecule has 0 radical (unpaired) electrons. The van der Waals surface area contributed by atoms with Crippen LogP contribution >= 0.6 is 0 Å². The fourth-order valence-electron chi connectivity index (χ4n) is 9.23. The van der Waals surface area contributed by atoms with E-state index < -0.39 is 34.7 Å². The smallest absolute Gasteiger partial charge is 0.319 e. The maximum absolute atomic E-state index is 17.1. The number of rotatable bonds is 4. The summed E-state index contributed by atoms with van der Waals surface area (Å²) in [6.07, 6.45) is 9.86. The van der Waals surface area contributed by atoms with Crippen LogP contribution < -0.4 is 14.4 Å². The van der Waals surface area contributed by atoms with Crippen molar-refractivity contribution in [2.75, 3.05) is 37.7 Å². The molecule has 1 aromatic heterocycles. The predicted molar refractivity (Wildman–Crippen MR) is 168 cm³/mol. The number of phenols is 1. The molecule has 4 aromatic rings. The molecule has 5 heterocycles. The fourth-order valence-corrected chi connectivity index (χ4v) is 9.23. The molecule has 0 amide bonds. The highest BCUT2D eigenvalue weighted by atomic mass is 19.1. The van der Waals surface area contributed by atoms with Crippen molar-refractivity contribution in [1.82, 2.24) is 14.9 Å². The first-order valence-corrected chi connectivity index (χ1v) is 16.3. The van der Waals surface area contributed by atoms with Gasteiger partial charge in [-0.05, 0) is 74.1 Å². The Morgan fingerprint density at radius 3 is 2.83 bits per heavy atom. The van der Waals surface area contributed by atoms with Crippen molar-refractivity contribution in [2.24, 2.45) is 11.8 Å². The summed E-state index contributed by atoms with van der Waals surface area (Å²) in [5.41, 5.74) is -1.58. The SMILES string of the molecule is C#Cc1c(F)ccc2cc(O)cc(-c3c(F)c4c5c(nc(OC[C@@]67CCCN6C[C@H](F)C7)nc5c3F)N3C[C@@H]5CC[C@@H](C5)[C@H]3CO4)c12. The van der Waals surface area contributed by atoms with E-state index in [0.29, 0.717) is 42.6 Å². The van der Waals surface area contributed by atoms with Crippen LogP contribution in [-0.4, -0.2) is 70.6 Å². The second-order valence-corrected chi connectivity index (χ2v) is 13.9. The second kappa shape index (κ2) is 10.3. The molecule has 1 N–H and O–H groups in total. The van der Waals surface area contributed by atoms with Crippen molar-refractivity contribution in [3.63, 3.8) is 0 Å². The Kier molecular flexibility index (Phi) is 6.36. The van der Waals surface area contributed by atoms with Gasteiger partial charge in [-0.1, -0.05) is 12.0 Å². The molecule has 2 bridgehead atoms. The fraction of sp³-hybridized carbons (Fsp3) is 0.444. The number of aromatic nitrogens is 2. The number of alkyl halides is 1. The zero-order valence-electron chi connectivity index (χ0n) is 25.5. The van der Waals surface area contributed by atoms with Crippen molar-refractivity contribution >= 4 is 27.5 Å². The van der Waals surface area contributed by atoms with Crippen molar-refractivity contribution in [3.05, 3.63) is 47.3 Å². The maximum Gasteiger partial charge on any atom is 0.319 e. The number of phenolic OH excluding ortho intramolecular Hbond substituents is 1. The van der Waals surface area contributed by atoms with Gasteiger partial charge in [-0.15, -0.1) is 6.42 Å². The van der Waals surface area contributed by atoms with Crippen LogP contribution in [0.1, 0.15) is 44.1 Å². The molecule has 9 rings (SSSR count). The van der Waals surface area contributed by atoms with Crippen LogP contribution in [0.5, 0.6) is 17.5 Å². The van der Waals surface area contributed by atoms with Gasteiger partial charge < -0.3 is 19.5 Å². The summed E-state index contributed by atoms with van der Waals surface area (Å²) in [5.74, 6) is 0.0814. The lowest BCUT2D eigenvalue weighted by Gasteiger charge is -2.39. The molecule has 5 aliphatic rings. The lowest BCUT2D eigenvalue weighted by atomic mass is 9.90. The van der Waals surface area contributed by atoms with E-state index in [1.807, 2.05) is 0 Å². The summed E-state index contributed by atoms with van der Waals surface area (Å²) >= 11 is 0. The molecule has 242 valence electrons. The van der Waals surface area contributed by atoms with Gasteiger partial charge in [-0.2, -0.15) is 9.97 Å². The zero-order chi connectivity index (χ0) is 32.2. The van der Waals surface area contributed by atoms with Gasteiger partial charge in [0.1, 0.15) is 42.3 Å². The van der Waals surface area contributed by atoms with Gasteiger partial charge in [-0.3, -0.25) is 4.90 Å². The standard InChI is InChI=1S/C36H32F4N4O3/c1-2-23-25(38)7-6-20-11-22(45)12-24(27(20)23)28-30(39)32-29-33(31(28)40)46-16-26-19-5-4-18(10-19)14-44(26)34(29)42-35(41-32)47-17-36-8-3-9-43(36)15-21(37)13-36/h1,6-7,11-12,18-19,21,26,45H,3-5,8-10,13-17H2/t18-,19+,21-,26-,36+/m1/s1. The van der Waals surface area contributed by atoms with E-state index in [1.54, 1.807) is 0 Å². The molecule has 47 heavy (non-hydrogen) atoms. The Morgan fingerprint density at radius 1 is 1.11 bits per heavy atom. The molecule has 4 fully saturated rings. The van der Waals surface area contributed by atoms with Crippen molar-refractivity contribution in [3.8, 4) is 41.0 Å². The van der Waals surface area contributed by atoms with Crippen LogP contribution in [0.15, 0.2) is 24.3 Å². The minimum absolute atomic E-state index is 0.0752. The third kappa shape index (κ3) is 4.23. The monoisotopic (exact) mass is 644 g/mol. The van der Waals surface area contributed by atoms with E-state index in [0.717, 1.165) is 44.7 Å². The molecule has 5 atom stereocenters. The lowest BCUT2D eigenvalue weighted by Crippen LogP contribution is -2.48. The Balaban J connectivity index is 1.27. The first-order chi connectivity index (χ1) is 22.7. The number of fused-ring (bicyclic) bond motifs is 7. The van der Waals surface area contributed by atoms with Crippen LogP contribution in [0.2, 0.25) is 0 Å². The molecule has 7 nitrogen and oxygen atoms in total. The molecule has 0 unspecified atom stereocenters. The number of hydrogen-bond acceptors (Lipinski definition) is 7. The summed E-state index contributed by atoms with van der Waals surface area (Å²) in [5, 5.41) is 11.1. The summed E-state index contributed by atoms with van der Waals surface area (Å²) in [6, 6.07) is 4.87. The zero-order valence-corrected chi connectivity index (χ0v) is 25.5. The van der Waals surface area contributed by atoms with Gasteiger partial charge in [0.05, 0.1) is 28.1 Å². The molecular weight excluding hydrogens is 612 g/mol. The molecule has 3 saturated heterocycles. The van der Waals surface area contributed by atoms with Crippen molar-refractivity contribution in [1.29, 1.82) is 0 Å². The summed E-state index contributed by atoms with van der Waals surface area (Å²) in [6.45, 7) is 2.07. The average Bonchev–Trinajstić information content (AvgIpc) is 3.68. The maximum atomic E-state index is 17.1. The summed E-state index contributed by atoms with van der Waals surface area (Å²) in [4.78, 5) is 13.5. The number of hydrogen-bond donors (Lipinski definition) is 1. The second-order valence-electron chi connectivity index (χ2n) is 13.9. The lowest BCUT2D eigenvalue weighted by molar-refractivity contribution is 0.107. The van der Waals surface area contributed by atoms with Crippen LogP contribution in [0.3, 0.4) is 0 Å². The third-order valence-electron chi connectivity index (χ3n) is 11.3. The highest BCUT2D eigenvalue weighted by Crippen LogP contribution is 2.51. The molecule has 3 aromatic carbocycles. The molecule has 0 spiro atoms. The molecule has 11 heteroatoms. The quantitative estimate of drug-likeness (QED) is 0.201. The largest absolute Gasteiger partial charge is 0.508 e. The van der Waals surface area contributed by atoms with Crippen molar-refractivity contribution < 1.29 is 32.1 Å². The van der Waals surface area contributed by atoms with E-state index in [2.05, 4.69) is 20.7 Å². The Hall–Kier alpha value is -4.30.